The van der Waals surface area contributed by atoms with Gasteiger partial charge < -0.3 is 14.8 Å². The Morgan fingerprint density at radius 3 is 2.79 bits per heavy atom. The Bertz CT molecular complexity index is 1000. The van der Waals surface area contributed by atoms with E-state index in [-0.39, 0.29) is 25.0 Å². The van der Waals surface area contributed by atoms with E-state index in [2.05, 4.69) is 10.4 Å². The summed E-state index contributed by atoms with van der Waals surface area (Å²) in [5.41, 5.74) is 2.56. The number of para-hydroxylation sites is 2. The number of amides is 1. The Morgan fingerprint density at radius 2 is 1.93 bits per heavy atom. The first-order valence-electron chi connectivity index (χ1n) is 9.45. The summed E-state index contributed by atoms with van der Waals surface area (Å²) in [5.74, 6) is -0.0309. The van der Waals surface area contributed by atoms with Gasteiger partial charge in [-0.25, -0.2) is 4.68 Å². The maximum absolute atomic E-state index is 12.2. The van der Waals surface area contributed by atoms with Crippen LogP contribution in [-0.2, 0) is 20.7 Å². The van der Waals surface area contributed by atoms with Crippen molar-refractivity contribution < 1.29 is 19.1 Å². The van der Waals surface area contributed by atoms with Crippen LogP contribution in [0.3, 0.4) is 0 Å². The average molecular weight is 391 g/mol. The molecule has 2 heterocycles. The molecule has 0 saturated carbocycles. The summed E-state index contributed by atoms with van der Waals surface area (Å²) in [6.45, 7) is 0.221. The standard InChI is InChI=1S/C22H21N3O4/c26-21(24-19-10-11-28-20-9-5-4-8-18(19)20)15-29-22(27)12-16-13-23-25(14-16)17-6-2-1-3-7-17/h1-9,13-14,19H,10-12,15H2,(H,24,26). The lowest BCUT2D eigenvalue weighted by Gasteiger charge is -2.26. The highest BCUT2D eigenvalue weighted by Crippen LogP contribution is 2.31. The predicted octanol–water partition coefficient (Wildman–Crippen LogP) is 2.60. The minimum atomic E-state index is -0.472. The smallest absolute Gasteiger partial charge is 0.310 e. The Kier molecular flexibility index (Phi) is 5.56. The second kappa shape index (κ2) is 8.60. The minimum Gasteiger partial charge on any atom is -0.493 e. The molecule has 0 spiro atoms. The quantitative estimate of drug-likeness (QED) is 0.653. The third-order valence-electron chi connectivity index (χ3n) is 4.66. The molecule has 7 heteroatoms. The van der Waals surface area contributed by atoms with Gasteiger partial charge in [0.1, 0.15) is 5.75 Å². The van der Waals surface area contributed by atoms with Crippen molar-refractivity contribution in [2.24, 2.45) is 0 Å². The van der Waals surface area contributed by atoms with Gasteiger partial charge in [0, 0.05) is 23.7 Å². The number of carbonyl (C=O) groups is 2. The lowest BCUT2D eigenvalue weighted by molar-refractivity contribution is -0.148. The number of ether oxygens (including phenoxy) is 2. The Labute approximate surface area is 168 Å². The number of aromatic nitrogens is 2. The van der Waals surface area contributed by atoms with Crippen LogP contribution in [0.1, 0.15) is 23.6 Å². The molecule has 0 aliphatic carbocycles. The first-order valence-corrected chi connectivity index (χ1v) is 9.45. The third kappa shape index (κ3) is 4.63. The Morgan fingerprint density at radius 1 is 1.14 bits per heavy atom. The van der Waals surface area contributed by atoms with Crippen LogP contribution in [0, 0.1) is 0 Å². The van der Waals surface area contributed by atoms with Gasteiger partial charge >= 0.3 is 5.97 Å². The van der Waals surface area contributed by atoms with Gasteiger partial charge in [0.25, 0.3) is 5.91 Å². The molecule has 1 aliphatic heterocycles. The van der Waals surface area contributed by atoms with Crippen LogP contribution >= 0.6 is 0 Å². The Balaban J connectivity index is 1.27. The van der Waals surface area contributed by atoms with Crippen molar-refractivity contribution in [3.63, 3.8) is 0 Å². The van der Waals surface area contributed by atoms with Gasteiger partial charge in [-0.05, 0) is 18.2 Å². The number of nitrogens with one attached hydrogen (secondary N) is 1. The largest absolute Gasteiger partial charge is 0.493 e. The van der Waals surface area contributed by atoms with Gasteiger partial charge in [0.15, 0.2) is 6.61 Å². The molecule has 29 heavy (non-hydrogen) atoms. The molecule has 0 fully saturated rings. The molecule has 1 amide bonds. The summed E-state index contributed by atoms with van der Waals surface area (Å²) >= 11 is 0. The van der Waals surface area contributed by atoms with Crippen molar-refractivity contribution in [2.75, 3.05) is 13.2 Å². The minimum absolute atomic E-state index is 0.0558. The molecule has 0 saturated heterocycles. The first kappa shape index (κ1) is 18.7. The van der Waals surface area contributed by atoms with Crippen LogP contribution in [0.5, 0.6) is 5.75 Å². The predicted molar refractivity (Wildman–Crippen MR) is 106 cm³/mol. The highest BCUT2D eigenvalue weighted by atomic mass is 16.5. The van der Waals surface area contributed by atoms with Crippen LogP contribution in [0.4, 0.5) is 0 Å². The summed E-state index contributed by atoms with van der Waals surface area (Å²) in [4.78, 5) is 24.3. The van der Waals surface area contributed by atoms with E-state index < -0.39 is 5.97 Å². The number of hydrogen-bond acceptors (Lipinski definition) is 5. The van der Waals surface area contributed by atoms with Crippen LogP contribution < -0.4 is 10.1 Å². The van der Waals surface area contributed by atoms with Crippen molar-refractivity contribution in [1.82, 2.24) is 15.1 Å². The van der Waals surface area contributed by atoms with Crippen LogP contribution in [0.25, 0.3) is 5.69 Å². The molecular formula is C22H21N3O4. The fourth-order valence-corrected chi connectivity index (χ4v) is 3.27. The molecule has 1 unspecified atom stereocenters. The van der Waals surface area contributed by atoms with E-state index in [0.29, 0.717) is 13.0 Å². The molecule has 0 bridgehead atoms. The van der Waals surface area contributed by atoms with Gasteiger partial charge in [-0.3, -0.25) is 9.59 Å². The molecule has 2 aromatic carbocycles. The zero-order valence-corrected chi connectivity index (χ0v) is 15.8. The van der Waals surface area contributed by atoms with E-state index in [9.17, 15) is 9.59 Å². The highest BCUT2D eigenvalue weighted by Gasteiger charge is 2.23. The number of hydrogen-bond donors (Lipinski definition) is 1. The molecule has 1 aromatic heterocycles. The van der Waals surface area contributed by atoms with E-state index in [4.69, 9.17) is 9.47 Å². The van der Waals surface area contributed by atoms with E-state index >= 15 is 0 Å². The maximum atomic E-state index is 12.2. The fraction of sp³-hybridized carbons (Fsp3) is 0.227. The van der Waals surface area contributed by atoms with Crippen LogP contribution in [0.2, 0.25) is 0 Å². The van der Waals surface area contributed by atoms with E-state index in [1.165, 1.54) is 0 Å². The lowest BCUT2D eigenvalue weighted by atomic mass is 10.0. The normalized spacial score (nSPS) is 15.1. The van der Waals surface area contributed by atoms with Gasteiger partial charge in [-0.1, -0.05) is 36.4 Å². The van der Waals surface area contributed by atoms with Crippen molar-refractivity contribution in [2.45, 2.75) is 18.9 Å². The van der Waals surface area contributed by atoms with Gasteiger partial charge in [-0.2, -0.15) is 5.10 Å². The molecule has 148 valence electrons. The average Bonchev–Trinajstić information content (AvgIpc) is 3.22. The number of benzene rings is 2. The topological polar surface area (TPSA) is 82.5 Å². The summed E-state index contributed by atoms with van der Waals surface area (Å²) in [6.07, 6.45) is 4.12. The van der Waals surface area contributed by atoms with E-state index in [1.54, 1.807) is 17.1 Å². The summed E-state index contributed by atoms with van der Waals surface area (Å²) in [6, 6.07) is 17.1. The lowest BCUT2D eigenvalue weighted by Crippen LogP contribution is -2.35. The van der Waals surface area contributed by atoms with Crippen molar-refractivity contribution in [3.8, 4) is 11.4 Å². The van der Waals surface area contributed by atoms with Gasteiger partial charge in [0.2, 0.25) is 0 Å². The zero-order chi connectivity index (χ0) is 20.1. The highest BCUT2D eigenvalue weighted by molar-refractivity contribution is 5.81. The van der Waals surface area contributed by atoms with Crippen molar-refractivity contribution >= 4 is 11.9 Å². The Hall–Kier alpha value is -3.61. The van der Waals surface area contributed by atoms with Crippen molar-refractivity contribution in [1.29, 1.82) is 0 Å². The second-order valence-corrected chi connectivity index (χ2v) is 6.76. The number of carbonyl (C=O) groups excluding carboxylic acids is 2. The molecule has 3 aromatic rings. The molecule has 7 nitrogen and oxygen atoms in total. The number of rotatable bonds is 6. The molecule has 4 rings (SSSR count). The number of fused-ring (bicyclic) bond motifs is 1. The third-order valence-corrected chi connectivity index (χ3v) is 4.66. The fourth-order valence-electron chi connectivity index (χ4n) is 3.27. The van der Waals surface area contributed by atoms with Gasteiger partial charge in [0.05, 0.1) is 31.0 Å². The molecule has 1 aliphatic rings. The second-order valence-electron chi connectivity index (χ2n) is 6.76. The first-order chi connectivity index (χ1) is 14.2. The molecule has 0 radical (unpaired) electrons. The summed E-state index contributed by atoms with van der Waals surface area (Å²) in [5, 5.41) is 7.16. The molecule has 1 N–H and O–H groups in total. The van der Waals surface area contributed by atoms with Crippen molar-refractivity contribution in [3.05, 3.63) is 78.1 Å². The SMILES string of the molecule is O=C(COC(=O)Cc1cnn(-c2ccccc2)c1)NC1CCOc2ccccc21. The zero-order valence-electron chi connectivity index (χ0n) is 15.8. The summed E-state index contributed by atoms with van der Waals surface area (Å²) in [7, 11) is 0. The molecular weight excluding hydrogens is 370 g/mol. The van der Waals surface area contributed by atoms with Crippen LogP contribution in [0.15, 0.2) is 67.0 Å². The molecule has 1 atom stereocenters. The van der Waals surface area contributed by atoms with Crippen LogP contribution in [-0.4, -0.2) is 34.9 Å². The van der Waals surface area contributed by atoms with E-state index in [1.807, 2.05) is 54.6 Å². The van der Waals surface area contributed by atoms with Gasteiger partial charge in [-0.15, -0.1) is 0 Å². The number of nitrogens with zero attached hydrogens (tertiary/aromatic N) is 2. The van der Waals surface area contributed by atoms with E-state index in [0.717, 1.165) is 22.6 Å². The summed E-state index contributed by atoms with van der Waals surface area (Å²) < 4.78 is 12.4. The monoisotopic (exact) mass is 391 g/mol. The number of esters is 1. The maximum Gasteiger partial charge on any atom is 0.310 e.